The summed E-state index contributed by atoms with van der Waals surface area (Å²) in [5, 5.41) is 14.1. The van der Waals surface area contributed by atoms with E-state index in [2.05, 4.69) is 15.2 Å². The van der Waals surface area contributed by atoms with Gasteiger partial charge in [0.1, 0.15) is 0 Å². The number of nitro benzene ring substituents is 1. The van der Waals surface area contributed by atoms with Crippen LogP contribution in [0.4, 0.5) is 5.69 Å². The molecule has 1 aliphatic heterocycles. The molecule has 1 aromatic heterocycles. The van der Waals surface area contributed by atoms with Gasteiger partial charge in [-0.1, -0.05) is 12.1 Å². The second kappa shape index (κ2) is 12.3. The van der Waals surface area contributed by atoms with Crippen molar-refractivity contribution in [2.24, 2.45) is 4.99 Å². The van der Waals surface area contributed by atoms with E-state index < -0.39 is 0 Å². The molecule has 0 saturated carbocycles. The van der Waals surface area contributed by atoms with Crippen molar-refractivity contribution in [2.75, 3.05) is 39.8 Å². The summed E-state index contributed by atoms with van der Waals surface area (Å²) in [5.41, 5.74) is 1.22. The third kappa shape index (κ3) is 6.94. The number of nitrogens with zero attached hydrogens (tertiary/aromatic N) is 4. The fraction of sp³-hybridized carbons (Fsp3) is 0.429. The standard InChI is InChI=1S/C21H27N5O4.HI/c1-22-21(23-11-3-2-5-17-7-9-18(10-8-17)26(28)29)25-14-12-24(13-15-25)20(27)19-6-4-16-30-19;/h4,6-10,16H,2-3,5,11-15H2,1H3,(H,22,23);1H. The van der Waals surface area contributed by atoms with E-state index in [1.807, 2.05) is 12.1 Å². The Morgan fingerprint density at radius 2 is 1.81 bits per heavy atom. The van der Waals surface area contributed by atoms with Gasteiger partial charge in [0.2, 0.25) is 0 Å². The maximum atomic E-state index is 12.4. The lowest BCUT2D eigenvalue weighted by Gasteiger charge is -2.36. The summed E-state index contributed by atoms with van der Waals surface area (Å²) in [4.78, 5) is 31.0. The first kappa shape index (κ1) is 24.6. The molecule has 10 heteroatoms. The van der Waals surface area contributed by atoms with E-state index in [-0.39, 0.29) is 40.5 Å². The molecule has 1 saturated heterocycles. The second-order valence-electron chi connectivity index (χ2n) is 7.11. The third-order valence-electron chi connectivity index (χ3n) is 5.13. The number of non-ortho nitro benzene ring substituents is 1. The van der Waals surface area contributed by atoms with Crippen molar-refractivity contribution in [3.63, 3.8) is 0 Å². The van der Waals surface area contributed by atoms with Crippen LogP contribution in [-0.4, -0.2) is 66.4 Å². The van der Waals surface area contributed by atoms with Crippen molar-refractivity contribution in [1.29, 1.82) is 0 Å². The molecule has 0 spiro atoms. The quantitative estimate of drug-likeness (QED) is 0.144. The molecule has 2 aromatic rings. The van der Waals surface area contributed by atoms with E-state index in [1.165, 1.54) is 6.26 Å². The van der Waals surface area contributed by atoms with Crippen LogP contribution in [0, 0.1) is 10.1 Å². The average Bonchev–Trinajstić information content (AvgIpc) is 3.31. The summed E-state index contributed by atoms with van der Waals surface area (Å²) in [6.07, 6.45) is 4.34. The van der Waals surface area contributed by atoms with E-state index in [1.54, 1.807) is 36.2 Å². The van der Waals surface area contributed by atoms with Gasteiger partial charge in [0, 0.05) is 51.9 Å². The minimum Gasteiger partial charge on any atom is -0.459 e. The molecule has 0 radical (unpaired) electrons. The van der Waals surface area contributed by atoms with Gasteiger partial charge in [-0.3, -0.25) is 19.9 Å². The molecule has 3 rings (SSSR count). The first-order chi connectivity index (χ1) is 14.6. The van der Waals surface area contributed by atoms with Gasteiger partial charge in [-0.15, -0.1) is 24.0 Å². The van der Waals surface area contributed by atoms with Crippen LogP contribution in [0.2, 0.25) is 0 Å². The molecule has 168 valence electrons. The number of furan rings is 1. The number of nitrogens with one attached hydrogen (secondary N) is 1. The van der Waals surface area contributed by atoms with Gasteiger partial charge in [0.25, 0.3) is 11.6 Å². The molecule has 0 aliphatic carbocycles. The molecule has 9 nitrogen and oxygen atoms in total. The first-order valence-electron chi connectivity index (χ1n) is 10.1. The monoisotopic (exact) mass is 541 g/mol. The average molecular weight is 541 g/mol. The summed E-state index contributed by atoms with van der Waals surface area (Å²) in [5.74, 6) is 1.14. The molecule has 0 atom stereocenters. The predicted octanol–water partition coefficient (Wildman–Crippen LogP) is 3.16. The number of benzene rings is 1. The second-order valence-corrected chi connectivity index (χ2v) is 7.11. The summed E-state index contributed by atoms with van der Waals surface area (Å²) < 4.78 is 5.20. The summed E-state index contributed by atoms with van der Waals surface area (Å²) in [6.45, 7) is 3.48. The first-order valence-corrected chi connectivity index (χ1v) is 10.1. The van der Waals surface area contributed by atoms with Gasteiger partial charge in [-0.2, -0.15) is 0 Å². The van der Waals surface area contributed by atoms with Gasteiger partial charge in [-0.25, -0.2) is 0 Å². The van der Waals surface area contributed by atoms with Crippen molar-refractivity contribution < 1.29 is 14.1 Å². The van der Waals surface area contributed by atoms with Gasteiger partial charge < -0.3 is 19.5 Å². The Bertz CT molecular complexity index is 862. The maximum Gasteiger partial charge on any atom is 0.289 e. The van der Waals surface area contributed by atoms with Crippen LogP contribution in [0.1, 0.15) is 29.0 Å². The van der Waals surface area contributed by atoms with Crippen LogP contribution in [0.3, 0.4) is 0 Å². The highest BCUT2D eigenvalue weighted by molar-refractivity contribution is 14.0. The highest BCUT2D eigenvalue weighted by Crippen LogP contribution is 2.14. The molecule has 2 heterocycles. The SMILES string of the molecule is CN=C(NCCCCc1ccc([N+](=O)[O-])cc1)N1CCN(C(=O)c2ccco2)CC1.I. The number of halogens is 1. The largest absolute Gasteiger partial charge is 0.459 e. The van der Waals surface area contributed by atoms with Crippen molar-refractivity contribution in [1.82, 2.24) is 15.1 Å². The number of nitro groups is 1. The predicted molar refractivity (Wildman–Crippen MR) is 129 cm³/mol. The fourth-order valence-electron chi connectivity index (χ4n) is 3.45. The van der Waals surface area contributed by atoms with Gasteiger partial charge in [0.05, 0.1) is 11.2 Å². The van der Waals surface area contributed by atoms with Crippen LogP contribution < -0.4 is 5.32 Å². The van der Waals surface area contributed by atoms with Gasteiger partial charge >= 0.3 is 0 Å². The Morgan fingerprint density at radius 1 is 1.13 bits per heavy atom. The van der Waals surface area contributed by atoms with Gasteiger partial charge in [0.15, 0.2) is 11.7 Å². The molecular weight excluding hydrogens is 513 g/mol. The Labute approximate surface area is 198 Å². The number of hydrogen-bond donors (Lipinski definition) is 1. The molecule has 1 amide bonds. The highest BCUT2D eigenvalue weighted by Gasteiger charge is 2.24. The number of aliphatic imine (C=N–C) groups is 1. The fourth-order valence-corrected chi connectivity index (χ4v) is 3.45. The summed E-state index contributed by atoms with van der Waals surface area (Å²) in [7, 11) is 1.76. The molecule has 1 aromatic carbocycles. The van der Waals surface area contributed by atoms with E-state index in [4.69, 9.17) is 4.42 Å². The van der Waals surface area contributed by atoms with Crippen LogP contribution in [0.15, 0.2) is 52.1 Å². The minimum absolute atomic E-state index is 0. The number of carbonyl (C=O) groups is 1. The van der Waals surface area contributed by atoms with E-state index in [9.17, 15) is 14.9 Å². The van der Waals surface area contributed by atoms with Crippen molar-refractivity contribution >= 4 is 41.5 Å². The van der Waals surface area contributed by atoms with Crippen LogP contribution in [0.5, 0.6) is 0 Å². The molecule has 1 N–H and O–H groups in total. The number of aryl methyl sites for hydroxylation is 1. The molecule has 1 aliphatic rings. The molecular formula is C21H28IN5O4. The van der Waals surface area contributed by atoms with E-state index in [0.29, 0.717) is 18.8 Å². The Morgan fingerprint density at radius 3 is 2.39 bits per heavy atom. The summed E-state index contributed by atoms with van der Waals surface area (Å²) >= 11 is 0. The van der Waals surface area contributed by atoms with Crippen molar-refractivity contribution in [2.45, 2.75) is 19.3 Å². The minimum atomic E-state index is -0.383. The van der Waals surface area contributed by atoms with Crippen LogP contribution in [-0.2, 0) is 6.42 Å². The zero-order chi connectivity index (χ0) is 21.3. The zero-order valence-corrected chi connectivity index (χ0v) is 19.9. The number of rotatable bonds is 7. The lowest BCUT2D eigenvalue weighted by atomic mass is 10.1. The van der Waals surface area contributed by atoms with Crippen LogP contribution in [0.25, 0.3) is 0 Å². The zero-order valence-electron chi connectivity index (χ0n) is 17.5. The topological polar surface area (TPSA) is 104 Å². The third-order valence-corrected chi connectivity index (χ3v) is 5.13. The Kier molecular flexibility index (Phi) is 9.76. The number of amides is 1. The number of carbonyl (C=O) groups excluding carboxylic acids is 1. The Hall–Kier alpha value is -2.63. The lowest BCUT2D eigenvalue weighted by molar-refractivity contribution is -0.384. The van der Waals surface area contributed by atoms with Crippen LogP contribution >= 0.6 is 24.0 Å². The smallest absolute Gasteiger partial charge is 0.289 e. The number of unbranched alkanes of at least 4 members (excludes halogenated alkanes) is 1. The van der Waals surface area contributed by atoms with Gasteiger partial charge in [-0.05, 0) is 37.0 Å². The number of hydrogen-bond acceptors (Lipinski definition) is 5. The molecule has 31 heavy (non-hydrogen) atoms. The van der Waals surface area contributed by atoms with Crippen molar-refractivity contribution in [3.05, 3.63) is 64.1 Å². The Balaban J connectivity index is 0.00000341. The molecule has 0 bridgehead atoms. The maximum absolute atomic E-state index is 12.4. The normalized spacial score (nSPS) is 14.2. The van der Waals surface area contributed by atoms with E-state index in [0.717, 1.165) is 50.4 Å². The van der Waals surface area contributed by atoms with E-state index >= 15 is 0 Å². The highest BCUT2D eigenvalue weighted by atomic mass is 127. The summed E-state index contributed by atoms with van der Waals surface area (Å²) in [6, 6.07) is 10.1. The number of piperazine rings is 1. The van der Waals surface area contributed by atoms with Crippen molar-refractivity contribution in [3.8, 4) is 0 Å². The molecule has 1 fully saturated rings. The molecule has 0 unspecified atom stereocenters. The lowest BCUT2D eigenvalue weighted by Crippen LogP contribution is -2.53. The number of guanidine groups is 1.